The first kappa shape index (κ1) is 23.6. The lowest BCUT2D eigenvalue weighted by Crippen LogP contribution is -2.37. The van der Waals surface area contributed by atoms with Crippen molar-refractivity contribution in [1.82, 2.24) is 5.32 Å². The van der Waals surface area contributed by atoms with Crippen molar-refractivity contribution in [3.8, 4) is 0 Å². The number of aliphatic hydroxyl groups is 1. The third kappa shape index (κ3) is 15.1. The lowest BCUT2D eigenvalue weighted by molar-refractivity contribution is -0.121. The van der Waals surface area contributed by atoms with E-state index in [1.54, 1.807) is 0 Å². The van der Waals surface area contributed by atoms with Crippen LogP contribution in [0.15, 0.2) is 0 Å². The van der Waals surface area contributed by atoms with Crippen LogP contribution in [0.3, 0.4) is 0 Å². The SMILES string of the molecule is CCCCCCCCCCCCCCCC(=O)C(CC)NCCO. The molecule has 0 aromatic heterocycles. The predicted octanol–water partition coefficient (Wildman–Crippen LogP) is 5.40. The fraction of sp³-hybridized carbons (Fsp3) is 0.952. The summed E-state index contributed by atoms with van der Waals surface area (Å²) in [6, 6.07) is -0.0607. The minimum Gasteiger partial charge on any atom is -0.395 e. The summed E-state index contributed by atoms with van der Waals surface area (Å²) in [5.41, 5.74) is 0. The number of aliphatic hydroxyl groups excluding tert-OH is 1. The summed E-state index contributed by atoms with van der Waals surface area (Å²) >= 11 is 0. The van der Waals surface area contributed by atoms with Gasteiger partial charge in [0.05, 0.1) is 12.6 Å². The number of hydrogen-bond acceptors (Lipinski definition) is 3. The molecule has 0 aromatic carbocycles. The zero-order valence-electron chi connectivity index (χ0n) is 16.5. The van der Waals surface area contributed by atoms with Crippen molar-refractivity contribution in [2.45, 2.75) is 116 Å². The first-order chi connectivity index (χ1) is 11.8. The van der Waals surface area contributed by atoms with E-state index < -0.39 is 0 Å². The summed E-state index contributed by atoms with van der Waals surface area (Å²) < 4.78 is 0. The fourth-order valence-corrected chi connectivity index (χ4v) is 3.22. The molecule has 3 heteroatoms. The smallest absolute Gasteiger partial charge is 0.149 e. The van der Waals surface area contributed by atoms with Crippen LogP contribution in [-0.4, -0.2) is 30.1 Å². The largest absolute Gasteiger partial charge is 0.395 e. The van der Waals surface area contributed by atoms with E-state index in [4.69, 9.17) is 5.11 Å². The maximum atomic E-state index is 12.0. The molecule has 24 heavy (non-hydrogen) atoms. The Bertz CT molecular complexity index is 269. The van der Waals surface area contributed by atoms with Crippen LogP contribution in [-0.2, 0) is 4.79 Å². The molecule has 0 rings (SSSR count). The second kappa shape index (κ2) is 18.9. The van der Waals surface area contributed by atoms with Crippen LogP contribution in [0.4, 0.5) is 0 Å². The number of nitrogens with one attached hydrogen (secondary N) is 1. The maximum Gasteiger partial charge on any atom is 0.149 e. The Morgan fingerprint density at radius 1 is 0.792 bits per heavy atom. The molecule has 0 aliphatic heterocycles. The van der Waals surface area contributed by atoms with Crippen LogP contribution in [0.1, 0.15) is 110 Å². The molecule has 0 aromatic rings. The summed E-state index contributed by atoms with van der Waals surface area (Å²) in [6.07, 6.45) is 18.9. The van der Waals surface area contributed by atoms with Gasteiger partial charge >= 0.3 is 0 Å². The summed E-state index contributed by atoms with van der Waals surface area (Å²) in [5.74, 6) is 0.314. The Kier molecular flexibility index (Phi) is 18.6. The lowest BCUT2D eigenvalue weighted by atomic mass is 10.0. The lowest BCUT2D eigenvalue weighted by Gasteiger charge is -2.14. The molecule has 2 N–H and O–H groups in total. The minimum absolute atomic E-state index is 0.0607. The molecule has 0 saturated heterocycles. The van der Waals surface area contributed by atoms with Gasteiger partial charge in [-0.3, -0.25) is 4.79 Å². The number of Topliss-reactive ketones (excluding diaryl/α,β-unsaturated/α-hetero) is 1. The number of hydrogen-bond donors (Lipinski definition) is 2. The highest BCUT2D eigenvalue weighted by Gasteiger charge is 2.14. The average molecular weight is 342 g/mol. The first-order valence-electron chi connectivity index (χ1n) is 10.6. The Morgan fingerprint density at radius 3 is 1.67 bits per heavy atom. The van der Waals surface area contributed by atoms with Gasteiger partial charge in [0.15, 0.2) is 0 Å². The van der Waals surface area contributed by atoms with Crippen molar-refractivity contribution in [3.05, 3.63) is 0 Å². The molecule has 0 heterocycles. The monoisotopic (exact) mass is 341 g/mol. The van der Waals surface area contributed by atoms with Gasteiger partial charge < -0.3 is 10.4 Å². The topological polar surface area (TPSA) is 49.3 Å². The van der Waals surface area contributed by atoms with Crippen molar-refractivity contribution >= 4 is 5.78 Å². The Balaban J connectivity index is 3.31. The van der Waals surface area contributed by atoms with E-state index in [9.17, 15) is 4.79 Å². The second-order valence-electron chi connectivity index (χ2n) is 7.10. The molecule has 0 aliphatic carbocycles. The van der Waals surface area contributed by atoms with E-state index in [2.05, 4.69) is 12.2 Å². The first-order valence-corrected chi connectivity index (χ1v) is 10.6. The summed E-state index contributed by atoms with van der Waals surface area (Å²) in [4.78, 5) is 12.0. The number of unbranched alkanes of at least 4 members (excludes halogenated alkanes) is 12. The Hall–Kier alpha value is -0.410. The molecular formula is C21H43NO2. The van der Waals surface area contributed by atoms with Gasteiger partial charge in [-0.05, 0) is 12.8 Å². The predicted molar refractivity (Wildman–Crippen MR) is 104 cm³/mol. The van der Waals surface area contributed by atoms with Crippen LogP contribution in [0.2, 0.25) is 0 Å². The zero-order chi connectivity index (χ0) is 17.9. The molecule has 0 spiro atoms. The van der Waals surface area contributed by atoms with Gasteiger partial charge in [0.1, 0.15) is 5.78 Å². The molecule has 0 saturated carbocycles. The molecule has 0 aliphatic rings. The van der Waals surface area contributed by atoms with Gasteiger partial charge in [0, 0.05) is 13.0 Å². The maximum absolute atomic E-state index is 12.0. The van der Waals surface area contributed by atoms with Gasteiger partial charge in [0.2, 0.25) is 0 Å². The molecule has 0 bridgehead atoms. The van der Waals surface area contributed by atoms with Crippen molar-refractivity contribution < 1.29 is 9.90 Å². The van der Waals surface area contributed by atoms with Crippen LogP contribution in [0, 0.1) is 0 Å². The van der Waals surface area contributed by atoms with Gasteiger partial charge in [-0.15, -0.1) is 0 Å². The van der Waals surface area contributed by atoms with Gasteiger partial charge in [-0.25, -0.2) is 0 Å². The van der Waals surface area contributed by atoms with Crippen molar-refractivity contribution in [2.75, 3.05) is 13.2 Å². The summed E-state index contributed by atoms with van der Waals surface area (Å²) in [5, 5.41) is 11.9. The number of carbonyl (C=O) groups is 1. The van der Waals surface area contributed by atoms with Gasteiger partial charge in [0.25, 0.3) is 0 Å². The van der Waals surface area contributed by atoms with E-state index in [0.717, 1.165) is 12.8 Å². The summed E-state index contributed by atoms with van der Waals surface area (Å²) in [7, 11) is 0. The zero-order valence-corrected chi connectivity index (χ0v) is 16.5. The van der Waals surface area contributed by atoms with Crippen molar-refractivity contribution in [2.24, 2.45) is 0 Å². The van der Waals surface area contributed by atoms with Crippen molar-refractivity contribution in [3.63, 3.8) is 0 Å². The highest BCUT2D eigenvalue weighted by atomic mass is 16.3. The molecule has 0 radical (unpaired) electrons. The second-order valence-corrected chi connectivity index (χ2v) is 7.10. The highest BCUT2D eigenvalue weighted by Crippen LogP contribution is 2.13. The third-order valence-corrected chi connectivity index (χ3v) is 4.83. The van der Waals surface area contributed by atoms with Gasteiger partial charge in [-0.1, -0.05) is 90.9 Å². The minimum atomic E-state index is -0.0607. The van der Waals surface area contributed by atoms with Crippen LogP contribution in [0.25, 0.3) is 0 Å². The Morgan fingerprint density at radius 2 is 1.25 bits per heavy atom. The number of carbonyl (C=O) groups excluding carboxylic acids is 1. The third-order valence-electron chi connectivity index (χ3n) is 4.83. The highest BCUT2D eigenvalue weighted by molar-refractivity contribution is 5.83. The van der Waals surface area contributed by atoms with E-state index >= 15 is 0 Å². The fourth-order valence-electron chi connectivity index (χ4n) is 3.22. The van der Waals surface area contributed by atoms with E-state index in [1.165, 1.54) is 77.0 Å². The van der Waals surface area contributed by atoms with Crippen LogP contribution in [0.5, 0.6) is 0 Å². The molecule has 1 unspecified atom stereocenters. The molecule has 3 nitrogen and oxygen atoms in total. The molecule has 0 fully saturated rings. The molecular weight excluding hydrogens is 298 g/mol. The van der Waals surface area contributed by atoms with E-state index in [-0.39, 0.29) is 12.6 Å². The molecule has 144 valence electrons. The van der Waals surface area contributed by atoms with Gasteiger partial charge in [-0.2, -0.15) is 0 Å². The average Bonchev–Trinajstić information content (AvgIpc) is 2.59. The normalized spacial score (nSPS) is 12.5. The van der Waals surface area contributed by atoms with Crippen molar-refractivity contribution in [1.29, 1.82) is 0 Å². The Labute approximate surface area is 151 Å². The summed E-state index contributed by atoms with van der Waals surface area (Å²) in [6.45, 7) is 4.91. The molecule has 0 amide bonds. The quantitative estimate of drug-likeness (QED) is 0.309. The molecule has 1 atom stereocenters. The van der Waals surface area contributed by atoms with E-state index in [1.807, 2.05) is 6.92 Å². The standard InChI is InChI=1S/C21H43NO2/c1-3-5-6-7-8-9-10-11-12-13-14-15-16-17-21(24)20(4-2)22-18-19-23/h20,22-23H,3-19H2,1-2H3. The number of ketones is 1. The van der Waals surface area contributed by atoms with Crippen LogP contribution >= 0.6 is 0 Å². The number of rotatable bonds is 19. The van der Waals surface area contributed by atoms with Crippen LogP contribution < -0.4 is 5.32 Å². The van der Waals surface area contributed by atoms with E-state index in [0.29, 0.717) is 18.7 Å².